The summed E-state index contributed by atoms with van der Waals surface area (Å²) in [5.74, 6) is 0. The van der Waals surface area contributed by atoms with Crippen molar-refractivity contribution in [1.29, 1.82) is 0 Å². The van der Waals surface area contributed by atoms with Gasteiger partial charge < -0.3 is 24.4 Å². The van der Waals surface area contributed by atoms with Crippen LogP contribution in [-0.4, -0.2) is 64.4 Å². The van der Waals surface area contributed by atoms with E-state index in [0.29, 0.717) is 6.10 Å². The molecule has 156 valence electrons. The third-order valence-corrected chi connectivity index (χ3v) is 6.15. The Morgan fingerprint density at radius 1 is 1.28 bits per heavy atom. The normalized spacial score (nSPS) is 24.4. The molecule has 0 amide bonds. The number of aromatic nitrogens is 2. The zero-order chi connectivity index (χ0) is 20.2. The van der Waals surface area contributed by atoms with Gasteiger partial charge in [-0.2, -0.15) is 0 Å². The van der Waals surface area contributed by atoms with Crippen LogP contribution < -0.4 is 5.32 Å². The summed E-state index contributed by atoms with van der Waals surface area (Å²) < 4.78 is 8.25. The minimum absolute atomic E-state index is 0.0428. The van der Waals surface area contributed by atoms with Crippen molar-refractivity contribution < 1.29 is 4.74 Å². The Hall–Kier alpha value is -1.96. The summed E-state index contributed by atoms with van der Waals surface area (Å²) in [6.45, 7) is 3.73. The van der Waals surface area contributed by atoms with Crippen molar-refractivity contribution in [2.45, 2.75) is 44.0 Å². The predicted molar refractivity (Wildman–Crippen MR) is 119 cm³/mol. The topological polar surface area (TPSA) is 45.6 Å². The maximum Gasteiger partial charge on any atom is 0.170 e. The molecule has 1 N–H and O–H groups in total. The number of hydrogen-bond acceptors (Lipinski definition) is 4. The molecule has 2 saturated heterocycles. The molecule has 2 aromatic rings. The van der Waals surface area contributed by atoms with Gasteiger partial charge in [0.2, 0.25) is 0 Å². The molecule has 0 aliphatic carbocycles. The van der Waals surface area contributed by atoms with Crippen molar-refractivity contribution in [3.63, 3.8) is 0 Å². The molecular formula is C22H31N5OS. The molecule has 2 aromatic heterocycles. The lowest BCUT2D eigenvalue weighted by molar-refractivity contribution is 0.0953. The SMILES string of the molecule is CN(C)CCCN1C(=S)N[C@H](c2ccccn2)[C@H]1c1cccn1C[C@@H]1CCCO1. The fraction of sp³-hybridized carbons (Fsp3) is 0.545. The second kappa shape index (κ2) is 9.24. The van der Waals surface area contributed by atoms with Gasteiger partial charge in [0, 0.05) is 37.8 Å². The maximum absolute atomic E-state index is 5.90. The molecular weight excluding hydrogens is 382 g/mol. The molecule has 0 unspecified atom stereocenters. The van der Waals surface area contributed by atoms with Gasteiger partial charge in [0.15, 0.2) is 5.11 Å². The van der Waals surface area contributed by atoms with Crippen LogP contribution in [0.1, 0.15) is 42.7 Å². The number of pyridine rings is 1. The third kappa shape index (κ3) is 4.63. The van der Waals surface area contributed by atoms with Crippen LogP contribution in [0.2, 0.25) is 0 Å². The zero-order valence-corrected chi connectivity index (χ0v) is 18.1. The summed E-state index contributed by atoms with van der Waals surface area (Å²) in [7, 11) is 4.23. The van der Waals surface area contributed by atoms with Crippen molar-refractivity contribution in [1.82, 2.24) is 24.7 Å². The molecule has 2 aliphatic rings. The molecule has 2 aliphatic heterocycles. The van der Waals surface area contributed by atoms with E-state index in [9.17, 15) is 0 Å². The minimum Gasteiger partial charge on any atom is -0.376 e. The third-order valence-electron chi connectivity index (χ3n) is 5.79. The molecule has 2 fully saturated rings. The first-order valence-corrected chi connectivity index (χ1v) is 10.9. The van der Waals surface area contributed by atoms with Gasteiger partial charge in [-0.15, -0.1) is 0 Å². The average molecular weight is 414 g/mol. The summed E-state index contributed by atoms with van der Waals surface area (Å²) in [5.41, 5.74) is 2.30. The molecule has 0 spiro atoms. The van der Waals surface area contributed by atoms with Gasteiger partial charge in [0.25, 0.3) is 0 Å². The van der Waals surface area contributed by atoms with E-state index in [0.717, 1.165) is 56.3 Å². The van der Waals surface area contributed by atoms with E-state index in [4.69, 9.17) is 17.0 Å². The number of hydrogen-bond donors (Lipinski definition) is 1. The van der Waals surface area contributed by atoms with Crippen molar-refractivity contribution in [2.24, 2.45) is 0 Å². The summed E-state index contributed by atoms with van der Waals surface area (Å²) >= 11 is 5.77. The van der Waals surface area contributed by atoms with Crippen LogP contribution in [0.25, 0.3) is 0 Å². The molecule has 0 radical (unpaired) electrons. The molecule has 4 rings (SSSR count). The van der Waals surface area contributed by atoms with Gasteiger partial charge in [-0.3, -0.25) is 4.98 Å². The molecule has 0 aromatic carbocycles. The van der Waals surface area contributed by atoms with Crippen LogP contribution in [0.4, 0.5) is 0 Å². The Morgan fingerprint density at radius 3 is 2.90 bits per heavy atom. The van der Waals surface area contributed by atoms with E-state index < -0.39 is 0 Å². The molecule has 29 heavy (non-hydrogen) atoms. The van der Waals surface area contributed by atoms with Crippen molar-refractivity contribution in [3.8, 4) is 0 Å². The van der Waals surface area contributed by atoms with Crippen molar-refractivity contribution >= 4 is 17.3 Å². The van der Waals surface area contributed by atoms with Crippen LogP contribution in [0.3, 0.4) is 0 Å². The van der Waals surface area contributed by atoms with Crippen molar-refractivity contribution in [2.75, 3.05) is 33.8 Å². The Labute approximate surface area is 178 Å². The monoisotopic (exact) mass is 413 g/mol. The van der Waals surface area contributed by atoms with Crippen LogP contribution >= 0.6 is 12.2 Å². The maximum atomic E-state index is 5.90. The number of nitrogens with one attached hydrogen (secondary N) is 1. The van der Waals surface area contributed by atoms with E-state index >= 15 is 0 Å². The summed E-state index contributed by atoms with van der Waals surface area (Å²) in [6.07, 6.45) is 7.69. The van der Waals surface area contributed by atoms with Gasteiger partial charge in [-0.1, -0.05) is 6.07 Å². The number of thiocarbonyl (C=S) groups is 1. The van der Waals surface area contributed by atoms with Gasteiger partial charge in [-0.25, -0.2) is 0 Å². The van der Waals surface area contributed by atoms with E-state index in [-0.39, 0.29) is 12.1 Å². The van der Waals surface area contributed by atoms with E-state index in [2.05, 4.69) is 63.2 Å². The number of nitrogens with zero attached hydrogens (tertiary/aromatic N) is 4. The van der Waals surface area contributed by atoms with Gasteiger partial charge >= 0.3 is 0 Å². The van der Waals surface area contributed by atoms with Crippen LogP contribution in [-0.2, 0) is 11.3 Å². The lowest BCUT2D eigenvalue weighted by Gasteiger charge is -2.29. The predicted octanol–water partition coefficient (Wildman–Crippen LogP) is 2.99. The standard InChI is InChI=1S/C22H31N5OS/c1-25(2)12-7-14-27-21(20(24-22(27)29)18-9-3-4-11-23-18)19-10-5-13-26(19)16-17-8-6-15-28-17/h3-5,9-11,13,17,20-21H,6-8,12,14-16H2,1-2H3,(H,24,29)/t17-,20+,21+/m0/s1. The highest BCUT2D eigenvalue weighted by Crippen LogP contribution is 2.39. The van der Waals surface area contributed by atoms with E-state index in [1.165, 1.54) is 5.69 Å². The second-order valence-corrected chi connectivity index (χ2v) is 8.58. The Morgan fingerprint density at radius 2 is 2.17 bits per heavy atom. The first-order chi connectivity index (χ1) is 14.1. The van der Waals surface area contributed by atoms with Crippen LogP contribution in [0.15, 0.2) is 42.7 Å². The van der Waals surface area contributed by atoms with Gasteiger partial charge in [0.1, 0.15) is 0 Å². The Balaban J connectivity index is 1.62. The average Bonchev–Trinajstić information content (AvgIpc) is 3.44. The summed E-state index contributed by atoms with van der Waals surface area (Å²) in [5, 5.41) is 4.37. The molecule has 7 heteroatoms. The van der Waals surface area contributed by atoms with E-state index in [1.807, 2.05) is 18.3 Å². The summed E-state index contributed by atoms with van der Waals surface area (Å²) in [4.78, 5) is 9.21. The van der Waals surface area contributed by atoms with E-state index in [1.54, 1.807) is 0 Å². The Bertz CT molecular complexity index is 803. The quantitative estimate of drug-likeness (QED) is 0.672. The highest BCUT2D eigenvalue weighted by molar-refractivity contribution is 7.80. The van der Waals surface area contributed by atoms with Gasteiger partial charge in [-0.05, 0) is 76.4 Å². The molecule has 3 atom stereocenters. The first-order valence-electron chi connectivity index (χ1n) is 10.5. The molecule has 4 heterocycles. The zero-order valence-electron chi connectivity index (χ0n) is 17.3. The highest BCUT2D eigenvalue weighted by atomic mass is 32.1. The number of ether oxygens (including phenoxy) is 1. The van der Waals surface area contributed by atoms with Gasteiger partial charge in [0.05, 0.1) is 23.9 Å². The lowest BCUT2D eigenvalue weighted by atomic mass is 10.0. The summed E-state index contributed by atoms with van der Waals surface area (Å²) in [6, 6.07) is 10.6. The Kier molecular flexibility index (Phi) is 6.47. The first kappa shape index (κ1) is 20.3. The van der Waals surface area contributed by atoms with Crippen LogP contribution in [0.5, 0.6) is 0 Å². The second-order valence-electron chi connectivity index (χ2n) is 8.20. The molecule has 0 bridgehead atoms. The fourth-order valence-electron chi connectivity index (χ4n) is 4.39. The van der Waals surface area contributed by atoms with Crippen molar-refractivity contribution in [3.05, 3.63) is 54.1 Å². The van der Waals surface area contributed by atoms with Crippen LogP contribution in [0, 0.1) is 0 Å². The number of rotatable bonds is 8. The minimum atomic E-state index is 0.0428. The smallest absolute Gasteiger partial charge is 0.170 e. The lowest BCUT2D eigenvalue weighted by Crippen LogP contribution is -2.33. The highest BCUT2D eigenvalue weighted by Gasteiger charge is 2.41. The largest absolute Gasteiger partial charge is 0.376 e. The molecule has 0 saturated carbocycles. The molecule has 6 nitrogen and oxygen atoms in total. The fourth-order valence-corrected chi connectivity index (χ4v) is 4.73.